The molecule has 1 fully saturated rings. The topological polar surface area (TPSA) is 71.5 Å². The van der Waals surface area contributed by atoms with Crippen LogP contribution in [-0.4, -0.2) is 43.4 Å². The summed E-state index contributed by atoms with van der Waals surface area (Å²) in [7, 11) is 1.68. The molecule has 1 aliphatic rings. The summed E-state index contributed by atoms with van der Waals surface area (Å²) in [5.41, 5.74) is 4.66. The second kappa shape index (κ2) is 12.0. The number of carbonyl (C=O) groups is 2. The number of Topliss-reactive ketones (excluding diaryl/α,β-unsaturated/α-hetero) is 1. The molecule has 1 aliphatic heterocycles. The van der Waals surface area contributed by atoms with Crippen LogP contribution in [0.3, 0.4) is 0 Å². The molecule has 190 valence electrons. The van der Waals surface area contributed by atoms with Crippen molar-refractivity contribution in [3.05, 3.63) is 65.4 Å². The highest BCUT2D eigenvalue weighted by Gasteiger charge is 2.27. The summed E-state index contributed by atoms with van der Waals surface area (Å²) in [4.78, 5) is 32.4. The maximum atomic E-state index is 12.9. The van der Waals surface area contributed by atoms with Gasteiger partial charge >= 0.3 is 0 Å². The predicted octanol–water partition coefficient (Wildman–Crippen LogP) is 5.56. The van der Waals surface area contributed by atoms with Gasteiger partial charge in [0.25, 0.3) is 0 Å². The van der Waals surface area contributed by atoms with Crippen molar-refractivity contribution in [1.82, 2.24) is 10.3 Å². The molecule has 6 nitrogen and oxygen atoms in total. The maximum Gasteiger partial charge on any atom is 0.223 e. The van der Waals surface area contributed by atoms with Gasteiger partial charge in [-0.1, -0.05) is 50.6 Å². The van der Waals surface area contributed by atoms with E-state index in [0.717, 1.165) is 78.8 Å². The predicted molar refractivity (Wildman–Crippen MR) is 145 cm³/mol. The van der Waals surface area contributed by atoms with Crippen LogP contribution in [0.25, 0.3) is 10.9 Å². The number of ether oxygens (including phenoxy) is 1. The van der Waals surface area contributed by atoms with Crippen molar-refractivity contribution in [2.75, 3.05) is 31.6 Å². The van der Waals surface area contributed by atoms with Crippen LogP contribution in [0.2, 0.25) is 0 Å². The van der Waals surface area contributed by atoms with Crippen LogP contribution in [0.15, 0.2) is 48.7 Å². The SMILES string of the molecule is CCCCNC(=O)C1CCN(c2cc3c(Cc4ccccc4)c(C(=O)CC)cnc3cc2OC)CC1. The van der Waals surface area contributed by atoms with Crippen LogP contribution in [0, 0.1) is 5.92 Å². The van der Waals surface area contributed by atoms with Crippen molar-refractivity contribution >= 4 is 28.3 Å². The van der Waals surface area contributed by atoms with Gasteiger partial charge in [0, 0.05) is 55.2 Å². The second-order valence-electron chi connectivity index (χ2n) is 9.54. The number of anilines is 1. The average molecular weight is 488 g/mol. The van der Waals surface area contributed by atoms with Crippen molar-refractivity contribution < 1.29 is 14.3 Å². The molecule has 1 N–H and O–H groups in total. The van der Waals surface area contributed by atoms with Crippen molar-refractivity contribution in [3.8, 4) is 5.75 Å². The van der Waals surface area contributed by atoms with Gasteiger partial charge in [0.1, 0.15) is 5.75 Å². The number of hydrogen-bond donors (Lipinski definition) is 1. The third kappa shape index (κ3) is 5.69. The molecule has 0 spiro atoms. The highest BCUT2D eigenvalue weighted by molar-refractivity contribution is 6.02. The zero-order valence-electron chi connectivity index (χ0n) is 21.7. The lowest BCUT2D eigenvalue weighted by Gasteiger charge is -2.34. The summed E-state index contributed by atoms with van der Waals surface area (Å²) in [5.74, 6) is 1.09. The van der Waals surface area contributed by atoms with Gasteiger partial charge in [-0.05, 0) is 42.9 Å². The number of methoxy groups -OCH3 is 1. The van der Waals surface area contributed by atoms with E-state index in [1.54, 1.807) is 13.3 Å². The van der Waals surface area contributed by atoms with Crippen LogP contribution in [0.5, 0.6) is 5.75 Å². The molecule has 0 bridgehead atoms. The third-order valence-corrected chi connectivity index (χ3v) is 7.16. The number of nitrogens with zero attached hydrogens (tertiary/aromatic N) is 2. The van der Waals surface area contributed by atoms with Crippen LogP contribution < -0.4 is 15.0 Å². The summed E-state index contributed by atoms with van der Waals surface area (Å²) < 4.78 is 5.78. The molecule has 1 saturated heterocycles. The highest BCUT2D eigenvalue weighted by atomic mass is 16.5. The number of unbranched alkanes of at least 4 members (excludes halogenated alkanes) is 1. The smallest absolute Gasteiger partial charge is 0.223 e. The number of ketones is 1. The number of pyridine rings is 1. The Morgan fingerprint density at radius 1 is 1.11 bits per heavy atom. The number of aromatic nitrogens is 1. The van der Waals surface area contributed by atoms with Crippen LogP contribution in [-0.2, 0) is 11.2 Å². The van der Waals surface area contributed by atoms with Crippen molar-refractivity contribution in [2.45, 2.75) is 52.4 Å². The molecule has 3 aromatic rings. The van der Waals surface area contributed by atoms with Crippen molar-refractivity contribution in [3.63, 3.8) is 0 Å². The van der Waals surface area contributed by atoms with Gasteiger partial charge in [0.15, 0.2) is 5.78 Å². The van der Waals surface area contributed by atoms with Crippen LogP contribution in [0.1, 0.15) is 67.4 Å². The van der Waals surface area contributed by atoms with E-state index in [1.165, 1.54) is 0 Å². The van der Waals surface area contributed by atoms with Gasteiger partial charge in [0.2, 0.25) is 5.91 Å². The molecule has 0 atom stereocenters. The molecular formula is C30H37N3O3. The fraction of sp³-hybridized carbons (Fsp3) is 0.433. The largest absolute Gasteiger partial charge is 0.495 e. The zero-order chi connectivity index (χ0) is 25.5. The molecular weight excluding hydrogens is 450 g/mol. The standard InChI is InChI=1S/C30H37N3O3/c1-4-6-14-31-30(35)22-12-15-33(16-13-22)27-18-24-23(17-21-10-8-7-9-11-21)25(28(34)5-2)20-32-26(24)19-29(27)36-3/h7-11,18-20,22H,4-6,12-17H2,1-3H3,(H,31,35). The average Bonchev–Trinajstić information content (AvgIpc) is 2.92. The summed E-state index contributed by atoms with van der Waals surface area (Å²) in [5, 5.41) is 4.07. The van der Waals surface area contributed by atoms with E-state index in [9.17, 15) is 9.59 Å². The molecule has 6 heteroatoms. The summed E-state index contributed by atoms with van der Waals surface area (Å²) in [6.07, 6.45) is 6.52. The van der Waals surface area contributed by atoms with E-state index in [1.807, 2.05) is 31.2 Å². The Labute approximate surface area is 214 Å². The fourth-order valence-electron chi connectivity index (χ4n) is 5.01. The number of fused-ring (bicyclic) bond motifs is 1. The second-order valence-corrected chi connectivity index (χ2v) is 9.54. The Morgan fingerprint density at radius 3 is 2.53 bits per heavy atom. The molecule has 0 radical (unpaired) electrons. The minimum Gasteiger partial charge on any atom is -0.495 e. The molecule has 2 heterocycles. The van der Waals surface area contributed by atoms with Gasteiger partial charge in [-0.25, -0.2) is 0 Å². The third-order valence-electron chi connectivity index (χ3n) is 7.16. The van der Waals surface area contributed by atoms with E-state index < -0.39 is 0 Å². The molecule has 2 aromatic carbocycles. The van der Waals surface area contributed by atoms with Crippen LogP contribution >= 0.6 is 0 Å². The number of carbonyl (C=O) groups excluding carboxylic acids is 2. The summed E-state index contributed by atoms with van der Waals surface area (Å²) >= 11 is 0. The summed E-state index contributed by atoms with van der Waals surface area (Å²) in [6.45, 7) is 6.33. The highest BCUT2D eigenvalue weighted by Crippen LogP contribution is 2.37. The number of nitrogens with one attached hydrogen (secondary N) is 1. The van der Waals surface area contributed by atoms with E-state index in [-0.39, 0.29) is 17.6 Å². The number of benzene rings is 2. The number of hydrogen-bond acceptors (Lipinski definition) is 5. The van der Waals surface area contributed by atoms with Gasteiger partial charge in [0.05, 0.1) is 18.3 Å². The number of amides is 1. The van der Waals surface area contributed by atoms with Gasteiger partial charge in [-0.3, -0.25) is 14.6 Å². The van der Waals surface area contributed by atoms with Crippen molar-refractivity contribution in [2.24, 2.45) is 5.92 Å². The molecule has 1 aromatic heterocycles. The molecule has 0 saturated carbocycles. The Kier molecular flexibility index (Phi) is 8.57. The van der Waals surface area contributed by atoms with Crippen molar-refractivity contribution in [1.29, 1.82) is 0 Å². The van der Waals surface area contributed by atoms with E-state index >= 15 is 0 Å². The molecule has 4 rings (SSSR count). The minimum absolute atomic E-state index is 0.0497. The number of rotatable bonds is 10. The van der Waals surface area contributed by atoms with Gasteiger partial charge in [-0.15, -0.1) is 0 Å². The first-order valence-corrected chi connectivity index (χ1v) is 13.1. The Morgan fingerprint density at radius 2 is 1.86 bits per heavy atom. The lowest BCUT2D eigenvalue weighted by molar-refractivity contribution is -0.125. The van der Waals surface area contributed by atoms with Gasteiger partial charge in [-0.2, -0.15) is 0 Å². The monoisotopic (exact) mass is 487 g/mol. The lowest BCUT2D eigenvalue weighted by atomic mass is 9.92. The molecule has 1 amide bonds. The Balaban J connectivity index is 1.67. The Bertz CT molecular complexity index is 1200. The first kappa shape index (κ1) is 25.7. The fourth-order valence-corrected chi connectivity index (χ4v) is 5.01. The first-order valence-electron chi connectivity index (χ1n) is 13.1. The Hall–Kier alpha value is -3.41. The van der Waals surface area contributed by atoms with E-state index in [2.05, 4.69) is 40.3 Å². The van der Waals surface area contributed by atoms with E-state index in [0.29, 0.717) is 18.4 Å². The first-order chi connectivity index (χ1) is 17.5. The minimum atomic E-state index is 0.0497. The summed E-state index contributed by atoms with van der Waals surface area (Å²) in [6, 6.07) is 14.3. The van der Waals surface area contributed by atoms with E-state index in [4.69, 9.17) is 4.74 Å². The normalized spacial score (nSPS) is 14.1. The number of piperidine rings is 1. The molecule has 0 aliphatic carbocycles. The maximum absolute atomic E-state index is 12.9. The molecule has 0 unspecified atom stereocenters. The van der Waals surface area contributed by atoms with Gasteiger partial charge < -0.3 is 15.0 Å². The molecule has 36 heavy (non-hydrogen) atoms. The zero-order valence-corrected chi connectivity index (χ0v) is 21.7. The van der Waals surface area contributed by atoms with Crippen LogP contribution in [0.4, 0.5) is 5.69 Å². The quantitative estimate of drug-likeness (QED) is 0.299. The lowest BCUT2D eigenvalue weighted by Crippen LogP contribution is -2.41.